The van der Waals surface area contributed by atoms with Gasteiger partial charge < -0.3 is 14.8 Å². The van der Waals surface area contributed by atoms with Crippen molar-refractivity contribution in [1.29, 1.82) is 0 Å². The van der Waals surface area contributed by atoms with Crippen molar-refractivity contribution in [2.45, 2.75) is 50.6 Å². The summed E-state index contributed by atoms with van der Waals surface area (Å²) in [5, 5.41) is 19.8. The van der Waals surface area contributed by atoms with Gasteiger partial charge in [0.1, 0.15) is 0 Å². The summed E-state index contributed by atoms with van der Waals surface area (Å²) >= 11 is 0. The second-order valence-electron chi connectivity index (χ2n) is 7.15. The Morgan fingerprint density at radius 2 is 1.69 bits per heavy atom. The lowest BCUT2D eigenvalue weighted by Crippen LogP contribution is -2.52. The lowest BCUT2D eigenvalue weighted by Gasteiger charge is -2.38. The SMILES string of the molecule is CC(C)(CC(O)(Cn1ccc(=O)cc1)C(F)(F)F)c1cccc(CO)c1. The molecule has 0 aliphatic rings. The Morgan fingerprint density at radius 1 is 1.08 bits per heavy atom. The quantitative estimate of drug-likeness (QED) is 0.823. The highest BCUT2D eigenvalue weighted by molar-refractivity contribution is 5.29. The van der Waals surface area contributed by atoms with Gasteiger partial charge in [-0.15, -0.1) is 0 Å². The number of alkyl halides is 3. The standard InChI is InChI=1S/C19H22F3NO3/c1-17(2,15-5-3-4-14(10-15)11-24)12-18(26,19(20,21)22)13-23-8-6-16(25)7-9-23/h3-10,24,26H,11-13H2,1-2H3. The van der Waals surface area contributed by atoms with Gasteiger partial charge in [0.15, 0.2) is 11.0 Å². The van der Waals surface area contributed by atoms with E-state index in [9.17, 15) is 28.2 Å². The predicted octanol–water partition coefficient (Wildman–Crippen LogP) is 3.00. The highest BCUT2D eigenvalue weighted by atomic mass is 19.4. The summed E-state index contributed by atoms with van der Waals surface area (Å²) in [6.07, 6.45) is -3.00. The van der Waals surface area contributed by atoms with Crippen molar-refractivity contribution < 1.29 is 23.4 Å². The monoisotopic (exact) mass is 369 g/mol. The minimum absolute atomic E-state index is 0.217. The van der Waals surface area contributed by atoms with Crippen molar-refractivity contribution >= 4 is 0 Å². The van der Waals surface area contributed by atoms with E-state index in [1.165, 1.54) is 12.4 Å². The smallest absolute Gasteiger partial charge is 0.392 e. The number of aliphatic hydroxyl groups is 2. The molecule has 7 heteroatoms. The van der Waals surface area contributed by atoms with Gasteiger partial charge in [-0.25, -0.2) is 0 Å². The van der Waals surface area contributed by atoms with Gasteiger partial charge in [-0.1, -0.05) is 38.1 Å². The van der Waals surface area contributed by atoms with Crippen LogP contribution in [0, 0.1) is 0 Å². The van der Waals surface area contributed by atoms with Crippen LogP contribution in [0.1, 0.15) is 31.4 Å². The first-order chi connectivity index (χ1) is 12.0. The summed E-state index contributed by atoms with van der Waals surface area (Å²) in [4.78, 5) is 11.1. The highest BCUT2D eigenvalue weighted by Crippen LogP contribution is 2.42. The molecule has 0 radical (unpaired) electrons. The van der Waals surface area contributed by atoms with Crippen LogP contribution in [0.15, 0.2) is 53.6 Å². The van der Waals surface area contributed by atoms with E-state index in [4.69, 9.17) is 0 Å². The van der Waals surface area contributed by atoms with Crippen LogP contribution < -0.4 is 5.43 Å². The molecular formula is C19H22F3NO3. The number of hydrogen-bond donors (Lipinski definition) is 2. The Balaban J connectivity index is 2.36. The maximum absolute atomic E-state index is 13.7. The average molecular weight is 369 g/mol. The second kappa shape index (κ2) is 7.25. The Kier molecular flexibility index (Phi) is 5.63. The number of nitrogens with zero attached hydrogens (tertiary/aromatic N) is 1. The third kappa shape index (κ3) is 4.53. The summed E-state index contributed by atoms with van der Waals surface area (Å²) in [6, 6.07) is 8.94. The van der Waals surface area contributed by atoms with Crippen LogP contribution in [0.5, 0.6) is 0 Å². The first kappa shape index (κ1) is 20.2. The van der Waals surface area contributed by atoms with E-state index in [2.05, 4.69) is 0 Å². The maximum atomic E-state index is 13.7. The van der Waals surface area contributed by atoms with Gasteiger partial charge in [0.2, 0.25) is 0 Å². The molecule has 26 heavy (non-hydrogen) atoms. The van der Waals surface area contributed by atoms with Crippen LogP contribution in [-0.4, -0.2) is 26.6 Å². The van der Waals surface area contributed by atoms with Crippen LogP contribution in [0.2, 0.25) is 0 Å². The molecule has 2 aromatic rings. The van der Waals surface area contributed by atoms with Gasteiger partial charge in [-0.2, -0.15) is 13.2 Å². The van der Waals surface area contributed by atoms with E-state index < -0.39 is 30.2 Å². The van der Waals surface area contributed by atoms with E-state index in [1.807, 2.05) is 0 Å². The van der Waals surface area contributed by atoms with Crippen LogP contribution >= 0.6 is 0 Å². The maximum Gasteiger partial charge on any atom is 0.418 e. The number of pyridine rings is 1. The van der Waals surface area contributed by atoms with Gasteiger partial charge in [-0.05, 0) is 23.0 Å². The first-order valence-corrected chi connectivity index (χ1v) is 8.12. The van der Waals surface area contributed by atoms with E-state index in [0.717, 1.165) is 16.7 Å². The fourth-order valence-electron chi connectivity index (χ4n) is 3.02. The summed E-state index contributed by atoms with van der Waals surface area (Å²) in [7, 11) is 0. The molecule has 0 amide bonds. The van der Waals surface area contributed by atoms with Crippen LogP contribution in [0.3, 0.4) is 0 Å². The molecule has 1 aromatic carbocycles. The first-order valence-electron chi connectivity index (χ1n) is 8.12. The molecule has 0 aliphatic carbocycles. The van der Waals surface area contributed by atoms with Crippen molar-refractivity contribution in [1.82, 2.24) is 4.57 Å². The minimum atomic E-state index is -4.86. The van der Waals surface area contributed by atoms with E-state index in [0.29, 0.717) is 11.1 Å². The van der Waals surface area contributed by atoms with Crippen molar-refractivity contribution in [3.63, 3.8) is 0 Å². The zero-order valence-electron chi connectivity index (χ0n) is 14.6. The highest BCUT2D eigenvalue weighted by Gasteiger charge is 2.56. The third-order valence-corrected chi connectivity index (χ3v) is 4.46. The molecule has 0 saturated heterocycles. The topological polar surface area (TPSA) is 62.5 Å². The fraction of sp³-hybridized carbons (Fsp3) is 0.421. The fourth-order valence-corrected chi connectivity index (χ4v) is 3.02. The third-order valence-electron chi connectivity index (χ3n) is 4.46. The molecule has 1 unspecified atom stereocenters. The molecule has 4 nitrogen and oxygen atoms in total. The number of benzene rings is 1. The zero-order chi connectivity index (χ0) is 19.6. The lowest BCUT2D eigenvalue weighted by atomic mass is 9.74. The molecule has 0 aliphatic heterocycles. The number of aliphatic hydroxyl groups excluding tert-OH is 1. The summed E-state index contributed by atoms with van der Waals surface area (Å²) in [6.45, 7) is 2.29. The van der Waals surface area contributed by atoms with E-state index in [-0.39, 0.29) is 12.0 Å². The van der Waals surface area contributed by atoms with Gasteiger partial charge in [0.25, 0.3) is 0 Å². The molecule has 0 bridgehead atoms. The van der Waals surface area contributed by atoms with Gasteiger partial charge in [0.05, 0.1) is 13.2 Å². The number of aromatic nitrogens is 1. The molecule has 1 atom stereocenters. The van der Waals surface area contributed by atoms with Gasteiger partial charge in [-0.3, -0.25) is 4.79 Å². The van der Waals surface area contributed by atoms with Crippen molar-refractivity contribution in [2.75, 3.05) is 0 Å². The Bertz CT molecular complexity index is 794. The second-order valence-corrected chi connectivity index (χ2v) is 7.15. The average Bonchev–Trinajstić information content (AvgIpc) is 2.55. The molecule has 0 fully saturated rings. The zero-order valence-corrected chi connectivity index (χ0v) is 14.6. The van der Waals surface area contributed by atoms with Crippen LogP contribution in [-0.2, 0) is 18.6 Å². The predicted molar refractivity (Wildman–Crippen MR) is 91.7 cm³/mol. The molecule has 2 N–H and O–H groups in total. The lowest BCUT2D eigenvalue weighted by molar-refractivity contribution is -0.271. The van der Waals surface area contributed by atoms with Crippen molar-refractivity contribution in [3.8, 4) is 0 Å². The normalized spacial score (nSPS) is 14.9. The number of rotatable bonds is 6. The summed E-state index contributed by atoms with van der Waals surface area (Å²) in [5.74, 6) is 0. The van der Waals surface area contributed by atoms with E-state index >= 15 is 0 Å². The Morgan fingerprint density at radius 3 is 2.23 bits per heavy atom. The Hall–Kier alpha value is -2.12. The van der Waals surface area contributed by atoms with E-state index in [1.54, 1.807) is 38.1 Å². The van der Waals surface area contributed by atoms with Crippen molar-refractivity contribution in [3.05, 3.63) is 70.1 Å². The minimum Gasteiger partial charge on any atom is -0.392 e. The molecule has 142 valence electrons. The Labute approximate surface area is 149 Å². The molecule has 0 saturated carbocycles. The molecule has 0 spiro atoms. The largest absolute Gasteiger partial charge is 0.418 e. The number of hydrogen-bond acceptors (Lipinski definition) is 3. The van der Waals surface area contributed by atoms with Crippen LogP contribution in [0.25, 0.3) is 0 Å². The van der Waals surface area contributed by atoms with Crippen LogP contribution in [0.4, 0.5) is 13.2 Å². The molecular weight excluding hydrogens is 347 g/mol. The van der Waals surface area contributed by atoms with Crippen molar-refractivity contribution in [2.24, 2.45) is 0 Å². The van der Waals surface area contributed by atoms with Gasteiger partial charge in [0, 0.05) is 24.5 Å². The molecule has 1 heterocycles. The number of halogens is 3. The van der Waals surface area contributed by atoms with Gasteiger partial charge >= 0.3 is 6.18 Å². The summed E-state index contributed by atoms with van der Waals surface area (Å²) in [5.41, 5.74) is -3.13. The molecule has 1 aromatic heterocycles. The molecule has 2 rings (SSSR count). The summed E-state index contributed by atoms with van der Waals surface area (Å²) < 4.78 is 42.2.